The molecular weight excluding hydrogens is 527 g/mol. The number of amides is 1. The summed E-state index contributed by atoms with van der Waals surface area (Å²) < 4.78 is 18.7. The first kappa shape index (κ1) is 32.2. The molecule has 1 aromatic carbocycles. The lowest BCUT2D eigenvalue weighted by atomic mass is 9.86. The predicted molar refractivity (Wildman–Crippen MR) is 156 cm³/mol. The van der Waals surface area contributed by atoms with Crippen molar-refractivity contribution in [3.63, 3.8) is 0 Å². The van der Waals surface area contributed by atoms with E-state index in [0.717, 1.165) is 18.8 Å². The van der Waals surface area contributed by atoms with Crippen LogP contribution in [0.15, 0.2) is 36.7 Å². The summed E-state index contributed by atoms with van der Waals surface area (Å²) in [5, 5.41) is 2.86. The lowest BCUT2D eigenvalue weighted by Gasteiger charge is -2.30. The molecule has 0 bridgehead atoms. The summed E-state index contributed by atoms with van der Waals surface area (Å²) in [5.74, 6) is -2.30. The smallest absolute Gasteiger partial charge is 0.227 e. The summed E-state index contributed by atoms with van der Waals surface area (Å²) in [6.07, 6.45) is 1.96. The Morgan fingerprint density at radius 3 is 2.39 bits per heavy atom. The highest BCUT2D eigenvalue weighted by Crippen LogP contribution is 2.29. The lowest BCUT2D eigenvalue weighted by Crippen LogP contribution is -2.45. The van der Waals surface area contributed by atoms with Crippen molar-refractivity contribution in [3.8, 4) is 0 Å². The van der Waals surface area contributed by atoms with Crippen molar-refractivity contribution in [2.24, 2.45) is 23.5 Å². The number of nitrogens with one attached hydrogen (secondary N) is 1. The van der Waals surface area contributed by atoms with Gasteiger partial charge >= 0.3 is 0 Å². The molecular formula is C31H45FN4O5. The molecule has 0 aromatic heterocycles. The van der Waals surface area contributed by atoms with Crippen LogP contribution in [-0.4, -0.2) is 80.3 Å². The lowest BCUT2D eigenvalue weighted by molar-refractivity contribution is -0.142. The first-order chi connectivity index (χ1) is 19.6. The fourth-order valence-corrected chi connectivity index (χ4v) is 5.65. The first-order valence-electron chi connectivity index (χ1n) is 14.7. The minimum atomic E-state index is -1.13. The van der Waals surface area contributed by atoms with E-state index in [1.165, 1.54) is 0 Å². The van der Waals surface area contributed by atoms with Gasteiger partial charge in [-0.05, 0) is 55.9 Å². The number of anilines is 1. The van der Waals surface area contributed by atoms with Gasteiger partial charge in [-0.25, -0.2) is 4.39 Å². The van der Waals surface area contributed by atoms with Gasteiger partial charge in [0.25, 0.3) is 0 Å². The topological polar surface area (TPSA) is 122 Å². The van der Waals surface area contributed by atoms with Crippen LogP contribution >= 0.6 is 0 Å². The average Bonchev–Trinajstić information content (AvgIpc) is 3.47. The van der Waals surface area contributed by atoms with Crippen LogP contribution in [0.5, 0.6) is 0 Å². The molecule has 226 valence electrons. The number of carbonyl (C=O) groups excluding carboxylic acids is 4. The van der Waals surface area contributed by atoms with E-state index in [-0.39, 0.29) is 36.2 Å². The van der Waals surface area contributed by atoms with Crippen molar-refractivity contribution < 1.29 is 28.3 Å². The number of ketones is 3. The summed E-state index contributed by atoms with van der Waals surface area (Å²) in [5.41, 5.74) is 7.08. The molecule has 2 aliphatic heterocycles. The second-order valence-corrected chi connectivity index (χ2v) is 11.4. The van der Waals surface area contributed by atoms with E-state index in [2.05, 4.69) is 16.8 Å². The predicted octanol–water partition coefficient (Wildman–Crippen LogP) is 3.27. The van der Waals surface area contributed by atoms with Crippen molar-refractivity contribution in [1.82, 2.24) is 10.2 Å². The minimum absolute atomic E-state index is 0.0488. The number of morpholine rings is 1. The van der Waals surface area contributed by atoms with Crippen LogP contribution in [0.4, 0.5) is 10.1 Å². The Kier molecular flexibility index (Phi) is 12.3. The van der Waals surface area contributed by atoms with Gasteiger partial charge in [0, 0.05) is 62.1 Å². The Morgan fingerprint density at radius 1 is 1.10 bits per heavy atom. The third-order valence-corrected chi connectivity index (χ3v) is 8.12. The van der Waals surface area contributed by atoms with Gasteiger partial charge in [0.15, 0.2) is 17.3 Å². The van der Waals surface area contributed by atoms with Gasteiger partial charge in [-0.3, -0.25) is 19.2 Å². The number of halogens is 1. The van der Waals surface area contributed by atoms with Crippen molar-refractivity contribution in [3.05, 3.63) is 42.2 Å². The zero-order chi connectivity index (χ0) is 29.9. The van der Waals surface area contributed by atoms with E-state index >= 15 is 0 Å². The van der Waals surface area contributed by atoms with Crippen LogP contribution in [-0.2, 0) is 19.1 Å². The molecule has 0 radical (unpaired) electrons. The van der Waals surface area contributed by atoms with E-state index in [1.807, 2.05) is 26.0 Å². The van der Waals surface area contributed by atoms with Crippen LogP contribution in [0.3, 0.4) is 0 Å². The van der Waals surface area contributed by atoms with Crippen molar-refractivity contribution in [2.75, 3.05) is 51.0 Å². The van der Waals surface area contributed by atoms with E-state index in [1.54, 1.807) is 17.0 Å². The largest absolute Gasteiger partial charge is 0.386 e. The van der Waals surface area contributed by atoms with Gasteiger partial charge in [-0.2, -0.15) is 0 Å². The number of Topliss-reactive ketones (excluding diaryl/α,β-unsaturated/α-hetero) is 3. The summed E-state index contributed by atoms with van der Waals surface area (Å²) in [4.78, 5) is 56.3. The minimum Gasteiger partial charge on any atom is -0.386 e. The Bertz CT molecular complexity index is 1070. The molecule has 0 spiro atoms. The zero-order valence-corrected chi connectivity index (χ0v) is 24.4. The van der Waals surface area contributed by atoms with Gasteiger partial charge in [-0.15, -0.1) is 0 Å². The number of rotatable bonds is 16. The fourth-order valence-electron chi connectivity index (χ4n) is 5.65. The van der Waals surface area contributed by atoms with Crippen LogP contribution in [0.25, 0.3) is 0 Å². The molecule has 41 heavy (non-hydrogen) atoms. The molecule has 0 saturated carbocycles. The van der Waals surface area contributed by atoms with Gasteiger partial charge < -0.3 is 25.6 Å². The van der Waals surface area contributed by atoms with Crippen LogP contribution < -0.4 is 16.0 Å². The molecule has 3 atom stereocenters. The number of ether oxygens (including phenoxy) is 1. The molecule has 0 unspecified atom stereocenters. The summed E-state index contributed by atoms with van der Waals surface area (Å²) in [7, 11) is 0. The maximum Gasteiger partial charge on any atom is 0.227 e. The molecule has 0 aliphatic carbocycles. The molecule has 1 amide bonds. The second kappa shape index (κ2) is 15.7. The van der Waals surface area contributed by atoms with Gasteiger partial charge in [0.2, 0.25) is 5.91 Å². The van der Waals surface area contributed by atoms with Crippen molar-refractivity contribution in [2.45, 2.75) is 58.4 Å². The Balaban J connectivity index is 1.63. The SMILES string of the molecule is C=C(N)NCCC[C@H](CC(=O)[C@@H]1CCCN1C(=O)[C@@H](CC(=O)c1ccc(N2CCOCC2)cc1)C(C)C)C(=O)CF. The first-order valence-corrected chi connectivity index (χ1v) is 14.7. The van der Waals surface area contributed by atoms with E-state index < -0.39 is 30.3 Å². The summed E-state index contributed by atoms with van der Waals surface area (Å²) >= 11 is 0. The standard InChI is InChI=1S/C31H45FN4O5/c1-21(2)26(19-28(37)23-8-10-25(11-9-23)35-14-16-41-17-15-35)31(40)36-13-5-7-27(36)29(38)18-24(30(39)20-32)6-4-12-34-22(3)33/h8-11,21,24,26-27,34H,3-7,12-20,33H2,1-2H3/t24-,26+,27+/m1/s1. The molecule has 3 rings (SSSR count). The van der Waals surface area contributed by atoms with E-state index in [9.17, 15) is 23.6 Å². The third-order valence-electron chi connectivity index (χ3n) is 8.12. The molecule has 2 aliphatic rings. The molecule has 10 heteroatoms. The molecule has 2 fully saturated rings. The number of benzene rings is 1. The van der Waals surface area contributed by atoms with Crippen LogP contribution in [0.2, 0.25) is 0 Å². The number of alkyl halides is 1. The average molecular weight is 573 g/mol. The van der Waals surface area contributed by atoms with Gasteiger partial charge in [0.05, 0.1) is 25.1 Å². The normalized spacial score (nSPS) is 18.7. The fraction of sp³-hybridized carbons (Fsp3) is 0.613. The van der Waals surface area contributed by atoms with Gasteiger partial charge in [-0.1, -0.05) is 20.4 Å². The molecule has 9 nitrogen and oxygen atoms in total. The third kappa shape index (κ3) is 9.11. The van der Waals surface area contributed by atoms with Gasteiger partial charge in [0.1, 0.15) is 6.67 Å². The summed E-state index contributed by atoms with van der Waals surface area (Å²) in [6, 6.07) is 6.80. The van der Waals surface area contributed by atoms with Crippen molar-refractivity contribution in [1.29, 1.82) is 0 Å². The van der Waals surface area contributed by atoms with E-state index in [0.29, 0.717) is 63.4 Å². The number of likely N-dealkylation sites (tertiary alicyclic amines) is 1. The van der Waals surface area contributed by atoms with Crippen molar-refractivity contribution >= 4 is 28.9 Å². The number of carbonyl (C=O) groups is 4. The molecule has 2 heterocycles. The monoisotopic (exact) mass is 572 g/mol. The quantitative estimate of drug-likeness (QED) is 0.229. The highest BCUT2D eigenvalue weighted by molar-refractivity contribution is 6.00. The number of hydrogen-bond donors (Lipinski definition) is 2. The highest BCUT2D eigenvalue weighted by Gasteiger charge is 2.39. The Hall–Kier alpha value is -3.27. The maximum atomic E-state index is 13.7. The Morgan fingerprint density at radius 2 is 1.78 bits per heavy atom. The maximum absolute atomic E-state index is 13.7. The number of nitrogens with two attached hydrogens (primary N) is 1. The zero-order valence-electron chi connectivity index (χ0n) is 24.4. The highest BCUT2D eigenvalue weighted by atomic mass is 19.1. The number of hydrogen-bond acceptors (Lipinski definition) is 8. The molecule has 1 aromatic rings. The van der Waals surface area contributed by atoms with E-state index in [4.69, 9.17) is 10.5 Å². The van der Waals surface area contributed by atoms with Crippen LogP contribution in [0, 0.1) is 17.8 Å². The van der Waals surface area contributed by atoms with Crippen LogP contribution in [0.1, 0.15) is 62.7 Å². The summed E-state index contributed by atoms with van der Waals surface area (Å²) in [6.45, 7) is 10.1. The molecule has 2 saturated heterocycles. The molecule has 3 N–H and O–H groups in total. The Labute approximate surface area is 242 Å². The second-order valence-electron chi connectivity index (χ2n) is 11.4. The number of nitrogens with zero attached hydrogens (tertiary/aromatic N) is 2.